The van der Waals surface area contributed by atoms with Crippen molar-refractivity contribution in [1.29, 1.82) is 0 Å². The van der Waals surface area contributed by atoms with Gasteiger partial charge in [0, 0.05) is 18.7 Å². The lowest BCUT2D eigenvalue weighted by Gasteiger charge is -2.29. The smallest absolute Gasteiger partial charge is 0.250 e. The molecule has 0 aliphatic carbocycles. The Morgan fingerprint density at radius 2 is 2.00 bits per heavy atom. The Hall–Kier alpha value is -1.96. The van der Waals surface area contributed by atoms with E-state index in [1.54, 1.807) is 18.2 Å². The summed E-state index contributed by atoms with van der Waals surface area (Å²) in [5.74, 6) is -1.96. The van der Waals surface area contributed by atoms with Gasteiger partial charge in [-0.2, -0.15) is 0 Å². The first-order chi connectivity index (χ1) is 13.3. The molecule has 3 aliphatic rings. The maximum absolute atomic E-state index is 13.3. The molecule has 1 aromatic rings. The molecule has 2 N–H and O–H groups in total. The van der Waals surface area contributed by atoms with Crippen molar-refractivity contribution in [3.8, 4) is 0 Å². The number of likely N-dealkylation sites (tertiary alicyclic amines) is 1. The normalized spacial score (nSPS) is 31.1. The van der Waals surface area contributed by atoms with E-state index in [0.717, 1.165) is 0 Å². The van der Waals surface area contributed by atoms with Crippen LogP contribution in [0.3, 0.4) is 0 Å². The lowest BCUT2D eigenvalue weighted by Crippen LogP contribution is -2.53. The Morgan fingerprint density at radius 1 is 1.25 bits per heavy atom. The number of anilines is 1. The number of rotatable bonds is 5. The average molecular weight is 406 g/mol. The van der Waals surface area contributed by atoms with Crippen molar-refractivity contribution in [2.45, 2.75) is 31.8 Å². The molecular formula is C20H24ClN3O4. The predicted octanol–water partition coefficient (Wildman–Crippen LogP) is 1.75. The van der Waals surface area contributed by atoms with Gasteiger partial charge >= 0.3 is 0 Å². The molecule has 150 valence electrons. The van der Waals surface area contributed by atoms with Gasteiger partial charge in [0.25, 0.3) is 0 Å². The number of fused-ring (bicyclic) bond motifs is 4. The first kappa shape index (κ1) is 19.4. The van der Waals surface area contributed by atoms with Gasteiger partial charge in [-0.25, -0.2) is 0 Å². The van der Waals surface area contributed by atoms with Crippen molar-refractivity contribution >= 4 is 35.0 Å². The van der Waals surface area contributed by atoms with E-state index in [1.165, 1.54) is 12.0 Å². The summed E-state index contributed by atoms with van der Waals surface area (Å²) >= 11 is 6.30. The topological polar surface area (TPSA) is 87.7 Å². The molecule has 2 saturated heterocycles. The molecule has 3 aliphatic heterocycles. The Morgan fingerprint density at radius 3 is 2.68 bits per heavy atom. The number of nitrogens with one attached hydrogen (secondary N) is 2. The van der Waals surface area contributed by atoms with Gasteiger partial charge in [0.15, 0.2) is 0 Å². The first-order valence-electron chi connectivity index (χ1n) is 9.55. The third-order valence-corrected chi connectivity index (χ3v) is 6.35. The third-order valence-electron chi connectivity index (χ3n) is 6.03. The van der Waals surface area contributed by atoms with E-state index in [0.29, 0.717) is 28.6 Å². The number of hydrogen-bond donors (Lipinski definition) is 2. The van der Waals surface area contributed by atoms with Crippen LogP contribution in [0.4, 0.5) is 5.69 Å². The number of methoxy groups -OCH3 is 1. The van der Waals surface area contributed by atoms with Gasteiger partial charge < -0.3 is 10.1 Å². The van der Waals surface area contributed by atoms with Crippen LogP contribution in [0.1, 0.15) is 25.8 Å². The van der Waals surface area contributed by atoms with Crippen LogP contribution in [0.25, 0.3) is 0 Å². The van der Waals surface area contributed by atoms with Crippen LogP contribution in [0.5, 0.6) is 0 Å². The third kappa shape index (κ3) is 2.53. The minimum absolute atomic E-state index is 0.190. The molecule has 1 aromatic carbocycles. The number of carbonyl (C=O) groups excluding carboxylic acids is 3. The molecule has 0 radical (unpaired) electrons. The van der Waals surface area contributed by atoms with Crippen LogP contribution < -0.4 is 10.6 Å². The van der Waals surface area contributed by atoms with E-state index in [2.05, 4.69) is 24.5 Å². The second-order valence-corrected chi connectivity index (χ2v) is 8.54. The second kappa shape index (κ2) is 6.83. The van der Waals surface area contributed by atoms with E-state index in [1.807, 2.05) is 0 Å². The highest BCUT2D eigenvalue weighted by molar-refractivity contribution is 6.35. The van der Waals surface area contributed by atoms with Crippen molar-refractivity contribution in [2.24, 2.45) is 17.8 Å². The van der Waals surface area contributed by atoms with Crippen molar-refractivity contribution in [1.82, 2.24) is 10.2 Å². The summed E-state index contributed by atoms with van der Waals surface area (Å²) in [6, 6.07) is 4.99. The maximum Gasteiger partial charge on any atom is 0.250 e. The highest BCUT2D eigenvalue weighted by Crippen LogP contribution is 2.54. The summed E-state index contributed by atoms with van der Waals surface area (Å²) in [5.41, 5.74) is -0.124. The van der Waals surface area contributed by atoms with Crippen LogP contribution in [0.2, 0.25) is 5.02 Å². The minimum atomic E-state index is -1.28. The number of amides is 3. The Balaban J connectivity index is 1.84. The molecule has 7 nitrogen and oxygen atoms in total. The van der Waals surface area contributed by atoms with Crippen LogP contribution in [0, 0.1) is 17.8 Å². The summed E-state index contributed by atoms with van der Waals surface area (Å²) in [6.07, 6.45) is 0.684. The van der Waals surface area contributed by atoms with E-state index in [4.69, 9.17) is 16.3 Å². The number of halogens is 1. The van der Waals surface area contributed by atoms with E-state index in [-0.39, 0.29) is 36.9 Å². The highest BCUT2D eigenvalue weighted by Gasteiger charge is 2.70. The number of ether oxygens (including phenoxy) is 1. The summed E-state index contributed by atoms with van der Waals surface area (Å²) < 4.78 is 5.07. The molecule has 8 heteroatoms. The predicted molar refractivity (Wildman–Crippen MR) is 104 cm³/mol. The van der Waals surface area contributed by atoms with Crippen LogP contribution in [-0.2, 0) is 24.7 Å². The van der Waals surface area contributed by atoms with E-state index < -0.39 is 17.4 Å². The standard InChI is InChI=1S/C20H24ClN3O4/c1-10(2)9-13-14-15(18(26)24(17(14)25)7-8-28-3)20(23-13)11-5-4-6-12(21)16(11)22-19(20)27/h4-6,10,13-15,23H,7-9H2,1-3H3,(H,22,27)/t13?,14-,15+,20?/m1/s1. The Bertz CT molecular complexity index is 858. The molecule has 2 unspecified atom stereocenters. The van der Waals surface area contributed by atoms with Crippen LogP contribution >= 0.6 is 11.6 Å². The second-order valence-electron chi connectivity index (χ2n) is 8.13. The summed E-state index contributed by atoms with van der Waals surface area (Å²) in [5, 5.41) is 6.66. The molecule has 0 bridgehead atoms. The molecular weight excluding hydrogens is 382 g/mol. The highest BCUT2D eigenvalue weighted by atomic mass is 35.5. The zero-order valence-corrected chi connectivity index (χ0v) is 16.9. The molecule has 3 heterocycles. The fourth-order valence-electron chi connectivity index (χ4n) is 4.97. The molecule has 2 fully saturated rings. The minimum Gasteiger partial charge on any atom is -0.383 e. The number of hydrogen-bond acceptors (Lipinski definition) is 5. The molecule has 28 heavy (non-hydrogen) atoms. The van der Waals surface area contributed by atoms with Gasteiger partial charge in [-0.3, -0.25) is 24.6 Å². The van der Waals surface area contributed by atoms with Crippen molar-refractivity contribution < 1.29 is 19.1 Å². The van der Waals surface area contributed by atoms with Gasteiger partial charge in [-0.1, -0.05) is 37.6 Å². The number of nitrogens with zero attached hydrogens (tertiary/aromatic N) is 1. The maximum atomic E-state index is 13.3. The van der Waals surface area contributed by atoms with Gasteiger partial charge in [0.2, 0.25) is 17.7 Å². The van der Waals surface area contributed by atoms with Crippen LogP contribution in [-0.4, -0.2) is 48.9 Å². The molecule has 4 atom stereocenters. The Labute approximate surface area is 168 Å². The lowest BCUT2D eigenvalue weighted by molar-refractivity contribution is -0.143. The van der Waals surface area contributed by atoms with Crippen molar-refractivity contribution in [3.63, 3.8) is 0 Å². The van der Waals surface area contributed by atoms with E-state index in [9.17, 15) is 14.4 Å². The van der Waals surface area contributed by atoms with Gasteiger partial charge in [0.1, 0.15) is 5.54 Å². The number of para-hydroxylation sites is 1. The molecule has 0 saturated carbocycles. The van der Waals surface area contributed by atoms with Gasteiger partial charge in [0.05, 0.1) is 35.7 Å². The van der Waals surface area contributed by atoms with Crippen molar-refractivity contribution in [2.75, 3.05) is 25.6 Å². The quantitative estimate of drug-likeness (QED) is 0.729. The van der Waals surface area contributed by atoms with Crippen molar-refractivity contribution in [3.05, 3.63) is 28.8 Å². The van der Waals surface area contributed by atoms with Gasteiger partial charge in [-0.05, 0) is 18.4 Å². The fraction of sp³-hybridized carbons (Fsp3) is 0.550. The lowest BCUT2D eigenvalue weighted by atomic mass is 9.76. The van der Waals surface area contributed by atoms with Gasteiger partial charge in [-0.15, -0.1) is 0 Å². The molecule has 4 rings (SSSR count). The summed E-state index contributed by atoms with van der Waals surface area (Å²) in [7, 11) is 1.53. The molecule has 3 amide bonds. The SMILES string of the molecule is COCCN1C(=O)[C@@H]2C(CC(C)C)NC3(C(=O)Nc4c(Cl)cccc43)[C@@H]2C1=O. The molecule has 1 spiro atoms. The molecule has 0 aromatic heterocycles. The summed E-state index contributed by atoms with van der Waals surface area (Å²) in [4.78, 5) is 41.0. The Kier molecular flexibility index (Phi) is 4.72. The largest absolute Gasteiger partial charge is 0.383 e. The van der Waals surface area contributed by atoms with Crippen LogP contribution in [0.15, 0.2) is 18.2 Å². The number of imide groups is 1. The first-order valence-corrected chi connectivity index (χ1v) is 9.93. The number of carbonyl (C=O) groups is 3. The van der Waals surface area contributed by atoms with E-state index >= 15 is 0 Å². The zero-order chi connectivity index (χ0) is 20.2. The fourth-order valence-corrected chi connectivity index (χ4v) is 5.19. The number of benzene rings is 1. The average Bonchev–Trinajstić information content (AvgIpc) is 3.20. The zero-order valence-electron chi connectivity index (χ0n) is 16.1. The summed E-state index contributed by atoms with van der Waals surface area (Å²) in [6.45, 7) is 4.58. The monoisotopic (exact) mass is 405 g/mol.